The van der Waals surface area contributed by atoms with E-state index in [1.807, 2.05) is 0 Å². The average Bonchev–Trinajstić information content (AvgIpc) is 2.99. The average molecular weight is 288 g/mol. The van der Waals surface area contributed by atoms with Crippen molar-refractivity contribution in [2.45, 2.75) is 23.1 Å². The molecule has 0 spiro atoms. The van der Waals surface area contributed by atoms with Crippen LogP contribution in [-0.2, 0) is 10.0 Å². The van der Waals surface area contributed by atoms with Crippen LogP contribution in [0.4, 0.5) is 0 Å². The van der Waals surface area contributed by atoms with E-state index < -0.39 is 21.7 Å². The summed E-state index contributed by atoms with van der Waals surface area (Å²) in [6.45, 7) is 3.71. The van der Waals surface area contributed by atoms with Gasteiger partial charge in [-0.05, 0) is 12.8 Å². The Bertz CT molecular complexity index is 574. The predicted molar refractivity (Wildman–Crippen MR) is 66.2 cm³/mol. The third-order valence-corrected chi connectivity index (χ3v) is 5.81. The van der Waals surface area contributed by atoms with Crippen LogP contribution in [0, 0.1) is 0 Å². The summed E-state index contributed by atoms with van der Waals surface area (Å²) in [6, 6.07) is -0.0447. The van der Waals surface area contributed by atoms with Crippen molar-refractivity contribution in [3.05, 3.63) is 23.9 Å². The maximum atomic E-state index is 12.4. The van der Waals surface area contributed by atoms with Gasteiger partial charge >= 0.3 is 5.97 Å². The Morgan fingerprint density at radius 3 is 2.83 bits per heavy atom. The molecule has 1 saturated carbocycles. The summed E-state index contributed by atoms with van der Waals surface area (Å²) >= 11 is 0.828. The van der Waals surface area contributed by atoms with Crippen molar-refractivity contribution < 1.29 is 18.3 Å². The normalized spacial score (nSPS) is 15.8. The Morgan fingerprint density at radius 2 is 2.33 bits per heavy atom. The van der Waals surface area contributed by atoms with Crippen LogP contribution in [0.15, 0.2) is 22.4 Å². The second-order valence-electron chi connectivity index (χ2n) is 3.89. The molecule has 18 heavy (non-hydrogen) atoms. The minimum absolute atomic E-state index is 0.0447. The summed E-state index contributed by atoms with van der Waals surface area (Å²) in [5.41, 5.74) is 0.824. The van der Waals surface area contributed by atoms with E-state index in [0.29, 0.717) is 0 Å². The molecule has 8 heteroatoms. The molecule has 1 aliphatic rings. The van der Waals surface area contributed by atoms with E-state index in [2.05, 4.69) is 11.6 Å². The Labute approximate surface area is 109 Å². The third-order valence-electron chi connectivity index (χ3n) is 2.54. The molecule has 1 aromatic heterocycles. The van der Waals surface area contributed by atoms with E-state index in [1.165, 1.54) is 15.9 Å². The first-order chi connectivity index (χ1) is 8.48. The number of nitrogens with zero attached hydrogens (tertiary/aromatic N) is 2. The number of carboxylic acids is 1. The van der Waals surface area contributed by atoms with Crippen LogP contribution >= 0.6 is 11.3 Å². The van der Waals surface area contributed by atoms with Gasteiger partial charge in [0.25, 0.3) is 10.0 Å². The fourth-order valence-corrected chi connectivity index (χ4v) is 4.51. The van der Waals surface area contributed by atoms with Crippen LogP contribution in [0.3, 0.4) is 0 Å². The number of aromatic carboxylic acids is 1. The SMILES string of the molecule is C=CCN(C1CC1)S(=O)(=O)c1scnc1C(=O)O. The van der Waals surface area contributed by atoms with Crippen molar-refractivity contribution in [3.8, 4) is 0 Å². The summed E-state index contributed by atoms with van der Waals surface area (Å²) in [6.07, 6.45) is 3.10. The number of hydrogen-bond donors (Lipinski definition) is 1. The number of thiazole rings is 1. The number of aromatic nitrogens is 1. The van der Waals surface area contributed by atoms with Crippen LogP contribution < -0.4 is 0 Å². The second kappa shape index (κ2) is 4.79. The minimum atomic E-state index is -3.80. The summed E-state index contributed by atoms with van der Waals surface area (Å²) < 4.78 is 25.8. The fraction of sp³-hybridized carbons (Fsp3) is 0.400. The summed E-state index contributed by atoms with van der Waals surface area (Å²) in [5.74, 6) is -1.33. The number of rotatable bonds is 6. The van der Waals surface area contributed by atoms with Gasteiger partial charge in [-0.15, -0.1) is 17.9 Å². The summed E-state index contributed by atoms with van der Waals surface area (Å²) in [7, 11) is -3.80. The van der Waals surface area contributed by atoms with Gasteiger partial charge in [0.15, 0.2) is 9.90 Å². The van der Waals surface area contributed by atoms with Crippen LogP contribution in [0.25, 0.3) is 0 Å². The predicted octanol–water partition coefficient (Wildman–Crippen LogP) is 1.18. The van der Waals surface area contributed by atoms with Gasteiger partial charge in [-0.25, -0.2) is 18.2 Å². The second-order valence-corrected chi connectivity index (χ2v) is 6.83. The van der Waals surface area contributed by atoms with E-state index in [-0.39, 0.29) is 16.8 Å². The number of sulfonamides is 1. The lowest BCUT2D eigenvalue weighted by molar-refractivity contribution is 0.0687. The molecule has 1 heterocycles. The summed E-state index contributed by atoms with van der Waals surface area (Å²) in [4.78, 5) is 14.5. The van der Waals surface area contributed by atoms with Crippen LogP contribution in [-0.4, -0.2) is 41.4 Å². The quantitative estimate of drug-likeness (QED) is 0.794. The Hall–Kier alpha value is -1.25. The molecule has 1 aliphatic carbocycles. The lowest BCUT2D eigenvalue weighted by Gasteiger charge is -2.19. The van der Waals surface area contributed by atoms with Gasteiger partial charge in [-0.2, -0.15) is 4.31 Å². The maximum Gasteiger partial charge on any atom is 0.356 e. The molecule has 0 amide bonds. The smallest absolute Gasteiger partial charge is 0.356 e. The lowest BCUT2D eigenvalue weighted by atomic mass is 10.5. The van der Waals surface area contributed by atoms with Crippen molar-refractivity contribution >= 4 is 27.3 Å². The first-order valence-corrected chi connectivity index (χ1v) is 7.60. The van der Waals surface area contributed by atoms with E-state index in [4.69, 9.17) is 5.11 Å². The molecule has 0 radical (unpaired) electrons. The molecule has 0 aromatic carbocycles. The molecule has 6 nitrogen and oxygen atoms in total. The molecule has 0 unspecified atom stereocenters. The highest BCUT2D eigenvalue weighted by molar-refractivity contribution is 7.91. The van der Waals surface area contributed by atoms with Crippen molar-refractivity contribution in [1.29, 1.82) is 0 Å². The van der Waals surface area contributed by atoms with Gasteiger partial charge in [0.2, 0.25) is 0 Å². The number of carboxylic acid groups (broad SMARTS) is 1. The zero-order chi connectivity index (χ0) is 13.3. The first kappa shape index (κ1) is 13.2. The van der Waals surface area contributed by atoms with Crippen LogP contribution in [0.2, 0.25) is 0 Å². The number of hydrogen-bond acceptors (Lipinski definition) is 5. The van der Waals surface area contributed by atoms with Crippen molar-refractivity contribution in [1.82, 2.24) is 9.29 Å². The topological polar surface area (TPSA) is 87.6 Å². The van der Waals surface area contributed by atoms with Gasteiger partial charge in [-0.1, -0.05) is 6.08 Å². The Morgan fingerprint density at radius 1 is 1.67 bits per heavy atom. The Balaban J connectivity index is 2.42. The number of carbonyl (C=O) groups is 1. The van der Waals surface area contributed by atoms with E-state index >= 15 is 0 Å². The zero-order valence-corrected chi connectivity index (χ0v) is 11.1. The van der Waals surface area contributed by atoms with E-state index in [1.54, 1.807) is 0 Å². The molecular weight excluding hydrogens is 276 g/mol. The molecular formula is C10H12N2O4S2. The Kier molecular flexibility index (Phi) is 3.51. The molecule has 0 aliphatic heterocycles. The van der Waals surface area contributed by atoms with Crippen molar-refractivity contribution in [2.24, 2.45) is 0 Å². The monoisotopic (exact) mass is 288 g/mol. The third kappa shape index (κ3) is 2.31. The zero-order valence-electron chi connectivity index (χ0n) is 9.44. The van der Waals surface area contributed by atoms with Gasteiger partial charge < -0.3 is 5.11 Å². The molecule has 1 fully saturated rings. The maximum absolute atomic E-state index is 12.4. The molecule has 2 rings (SSSR count). The molecule has 1 N–H and O–H groups in total. The van der Waals surface area contributed by atoms with Gasteiger partial charge in [0, 0.05) is 12.6 Å². The lowest BCUT2D eigenvalue weighted by Crippen LogP contribution is -2.33. The molecule has 0 bridgehead atoms. The van der Waals surface area contributed by atoms with Gasteiger partial charge in [-0.3, -0.25) is 0 Å². The van der Waals surface area contributed by atoms with Crippen molar-refractivity contribution in [2.75, 3.05) is 6.54 Å². The summed E-state index contributed by atoms with van der Waals surface area (Å²) in [5, 5.41) is 8.92. The van der Waals surface area contributed by atoms with Gasteiger partial charge in [0.1, 0.15) is 0 Å². The highest BCUT2D eigenvalue weighted by atomic mass is 32.2. The van der Waals surface area contributed by atoms with E-state index in [9.17, 15) is 13.2 Å². The van der Waals surface area contributed by atoms with E-state index in [0.717, 1.165) is 24.2 Å². The fourth-order valence-electron chi connectivity index (χ4n) is 1.60. The minimum Gasteiger partial charge on any atom is -0.476 e. The molecule has 0 atom stereocenters. The standard InChI is InChI=1S/C10H12N2O4S2/c1-2-5-12(7-3-4-7)18(15,16)10-8(9(13)14)11-6-17-10/h2,6-7H,1,3-5H2,(H,13,14). The largest absolute Gasteiger partial charge is 0.476 e. The highest BCUT2D eigenvalue weighted by Crippen LogP contribution is 2.34. The first-order valence-electron chi connectivity index (χ1n) is 5.28. The molecule has 0 saturated heterocycles. The van der Waals surface area contributed by atoms with Gasteiger partial charge in [0.05, 0.1) is 5.51 Å². The van der Waals surface area contributed by atoms with Crippen LogP contribution in [0.1, 0.15) is 23.3 Å². The highest BCUT2D eigenvalue weighted by Gasteiger charge is 2.40. The molecule has 98 valence electrons. The van der Waals surface area contributed by atoms with Crippen molar-refractivity contribution in [3.63, 3.8) is 0 Å². The molecule has 1 aromatic rings. The van der Waals surface area contributed by atoms with Crippen LogP contribution in [0.5, 0.6) is 0 Å².